The minimum Gasteiger partial charge on any atom is -0.490 e. The summed E-state index contributed by atoms with van der Waals surface area (Å²) in [7, 11) is 0. The number of imide groups is 1. The van der Waals surface area contributed by atoms with Crippen LogP contribution in [0.2, 0.25) is 0 Å². The van der Waals surface area contributed by atoms with Gasteiger partial charge >= 0.3 is 5.97 Å². The predicted octanol–water partition coefficient (Wildman–Crippen LogP) is 3.09. The van der Waals surface area contributed by atoms with Gasteiger partial charge < -0.3 is 14.2 Å². The van der Waals surface area contributed by atoms with Gasteiger partial charge in [0.2, 0.25) is 0 Å². The molecule has 2 rings (SSSR count). The van der Waals surface area contributed by atoms with Crippen molar-refractivity contribution in [1.29, 1.82) is 0 Å². The molecule has 0 saturated carbocycles. The van der Waals surface area contributed by atoms with E-state index in [1.54, 1.807) is 31.2 Å². The van der Waals surface area contributed by atoms with Crippen LogP contribution in [-0.4, -0.2) is 47.9 Å². The third kappa shape index (κ3) is 4.87. The van der Waals surface area contributed by atoms with Crippen molar-refractivity contribution in [2.24, 2.45) is 0 Å². The van der Waals surface area contributed by atoms with E-state index in [0.717, 1.165) is 16.7 Å². The largest absolute Gasteiger partial charge is 0.490 e. The smallest absolute Gasteiger partial charge is 0.329 e. The Morgan fingerprint density at radius 3 is 2.64 bits per heavy atom. The number of amides is 2. The maximum absolute atomic E-state index is 12.6. The molecule has 1 saturated heterocycles. The Hall–Kier alpha value is -2.92. The number of ether oxygens (including phenoxy) is 3. The zero-order valence-corrected chi connectivity index (χ0v) is 16.7. The van der Waals surface area contributed by atoms with Gasteiger partial charge in [-0.15, -0.1) is 6.42 Å². The summed E-state index contributed by atoms with van der Waals surface area (Å²) in [4.78, 5) is 37.9. The number of hydrogen-bond acceptors (Lipinski definition) is 7. The van der Waals surface area contributed by atoms with Crippen LogP contribution in [0.5, 0.6) is 11.5 Å². The van der Waals surface area contributed by atoms with Crippen molar-refractivity contribution in [3.8, 4) is 23.8 Å². The van der Waals surface area contributed by atoms with Crippen LogP contribution >= 0.6 is 11.8 Å². The molecule has 1 heterocycles. The van der Waals surface area contributed by atoms with Gasteiger partial charge in [0, 0.05) is 0 Å². The highest BCUT2D eigenvalue weighted by Crippen LogP contribution is 2.35. The zero-order chi connectivity index (χ0) is 20.7. The molecule has 0 bridgehead atoms. The van der Waals surface area contributed by atoms with Crippen molar-refractivity contribution in [3.05, 3.63) is 28.7 Å². The summed E-state index contributed by atoms with van der Waals surface area (Å²) in [5.74, 6) is 2.18. The van der Waals surface area contributed by atoms with E-state index >= 15 is 0 Å². The number of carbonyl (C=O) groups excluding carboxylic acids is 3. The van der Waals surface area contributed by atoms with E-state index in [1.165, 1.54) is 6.92 Å². The maximum atomic E-state index is 12.6. The average Bonchev–Trinajstić information content (AvgIpc) is 2.94. The molecule has 1 aliphatic heterocycles. The second-order valence-corrected chi connectivity index (χ2v) is 6.60. The van der Waals surface area contributed by atoms with Crippen LogP contribution < -0.4 is 9.47 Å². The summed E-state index contributed by atoms with van der Waals surface area (Å²) < 4.78 is 15.9. The Bertz CT molecular complexity index is 842. The lowest BCUT2D eigenvalue weighted by atomic mass is 10.1. The molecule has 0 spiro atoms. The van der Waals surface area contributed by atoms with Crippen molar-refractivity contribution >= 4 is 35.0 Å². The molecule has 0 aliphatic carbocycles. The summed E-state index contributed by atoms with van der Waals surface area (Å²) in [6.45, 7) is 5.64. The molecular weight excluding hydrogens is 382 g/mol. The first kappa shape index (κ1) is 21.4. The van der Waals surface area contributed by atoms with Crippen LogP contribution in [-0.2, 0) is 14.3 Å². The number of terminal acetylenes is 1. The van der Waals surface area contributed by atoms with E-state index in [-0.39, 0.29) is 18.1 Å². The number of hydrogen-bond donors (Lipinski definition) is 0. The van der Waals surface area contributed by atoms with Gasteiger partial charge in [0.05, 0.1) is 18.1 Å². The van der Waals surface area contributed by atoms with Crippen LogP contribution in [0.15, 0.2) is 23.1 Å². The van der Waals surface area contributed by atoms with Crippen molar-refractivity contribution in [1.82, 2.24) is 4.90 Å². The van der Waals surface area contributed by atoms with Gasteiger partial charge in [-0.3, -0.25) is 14.5 Å². The number of benzene rings is 1. The molecule has 1 fully saturated rings. The van der Waals surface area contributed by atoms with E-state index in [4.69, 9.17) is 20.6 Å². The third-order valence-electron chi connectivity index (χ3n) is 3.71. The van der Waals surface area contributed by atoms with E-state index in [1.807, 2.05) is 6.92 Å². The highest BCUT2D eigenvalue weighted by atomic mass is 32.2. The predicted molar refractivity (Wildman–Crippen MR) is 106 cm³/mol. The number of carbonyl (C=O) groups is 3. The lowest BCUT2D eigenvalue weighted by Crippen LogP contribution is -2.42. The molecule has 1 atom stereocenters. The lowest BCUT2D eigenvalue weighted by Gasteiger charge is -2.19. The maximum Gasteiger partial charge on any atom is 0.329 e. The van der Waals surface area contributed by atoms with Crippen molar-refractivity contribution in [3.63, 3.8) is 0 Å². The van der Waals surface area contributed by atoms with Crippen LogP contribution in [0, 0.1) is 12.3 Å². The van der Waals surface area contributed by atoms with Crippen molar-refractivity contribution in [2.75, 3.05) is 19.8 Å². The molecule has 148 valence electrons. The standard InChI is InChI=1S/C20H21NO6S/c1-5-10-27-15-9-8-14(11-16(15)25-6-2)12-17-18(22)21(20(24)28-17)13(4)19(23)26-7-3/h1,8-9,11-13H,6-7,10H2,2-4H3/b17-12+/t13-/m1/s1. The molecule has 2 amide bonds. The first-order chi connectivity index (χ1) is 13.4. The van der Waals surface area contributed by atoms with Gasteiger partial charge in [0.25, 0.3) is 11.1 Å². The Labute approximate surface area is 168 Å². The quantitative estimate of drug-likeness (QED) is 0.375. The number of esters is 1. The van der Waals surface area contributed by atoms with Crippen LogP contribution in [0.1, 0.15) is 26.3 Å². The molecule has 0 N–H and O–H groups in total. The van der Waals surface area contributed by atoms with E-state index < -0.39 is 23.2 Å². The van der Waals surface area contributed by atoms with Crippen molar-refractivity contribution in [2.45, 2.75) is 26.8 Å². The average molecular weight is 403 g/mol. The molecule has 7 nitrogen and oxygen atoms in total. The summed E-state index contributed by atoms with van der Waals surface area (Å²) in [6.07, 6.45) is 6.78. The molecule has 8 heteroatoms. The second-order valence-electron chi connectivity index (χ2n) is 5.61. The van der Waals surface area contributed by atoms with E-state index in [2.05, 4.69) is 5.92 Å². The fourth-order valence-corrected chi connectivity index (χ4v) is 3.36. The summed E-state index contributed by atoms with van der Waals surface area (Å²) in [5, 5.41) is -0.518. The molecule has 0 radical (unpaired) electrons. The second kappa shape index (κ2) is 9.85. The molecule has 0 unspecified atom stereocenters. The van der Waals surface area contributed by atoms with Crippen molar-refractivity contribution < 1.29 is 28.6 Å². The summed E-state index contributed by atoms with van der Waals surface area (Å²) in [6, 6.07) is 4.10. The van der Waals surface area contributed by atoms with E-state index in [0.29, 0.717) is 23.7 Å². The SMILES string of the molecule is C#CCOc1ccc(/C=C2/SC(=O)N([C@H](C)C(=O)OCC)C2=O)cc1OCC. The molecule has 1 aliphatic rings. The fourth-order valence-electron chi connectivity index (χ4n) is 2.45. The number of rotatable bonds is 8. The summed E-state index contributed by atoms with van der Waals surface area (Å²) in [5.41, 5.74) is 0.644. The fraction of sp³-hybridized carbons (Fsp3) is 0.350. The monoisotopic (exact) mass is 403 g/mol. The highest BCUT2D eigenvalue weighted by molar-refractivity contribution is 8.18. The minimum atomic E-state index is -0.989. The van der Waals surface area contributed by atoms with Gasteiger partial charge in [-0.25, -0.2) is 4.79 Å². The molecular formula is C20H21NO6S. The first-order valence-electron chi connectivity index (χ1n) is 8.69. The topological polar surface area (TPSA) is 82.1 Å². The van der Waals surface area contributed by atoms with Gasteiger partial charge in [-0.05, 0) is 56.3 Å². The highest BCUT2D eigenvalue weighted by Gasteiger charge is 2.41. The van der Waals surface area contributed by atoms with Crippen LogP contribution in [0.3, 0.4) is 0 Å². The Morgan fingerprint density at radius 1 is 1.25 bits per heavy atom. The van der Waals surface area contributed by atoms with Gasteiger partial charge in [-0.2, -0.15) is 0 Å². The van der Waals surface area contributed by atoms with E-state index in [9.17, 15) is 14.4 Å². The Kier molecular flexibility index (Phi) is 7.52. The van der Waals surface area contributed by atoms with Gasteiger partial charge in [-0.1, -0.05) is 12.0 Å². The molecule has 1 aromatic carbocycles. The lowest BCUT2D eigenvalue weighted by molar-refractivity contribution is -0.150. The number of thioether (sulfide) groups is 1. The van der Waals surface area contributed by atoms with Gasteiger partial charge in [0.1, 0.15) is 12.6 Å². The van der Waals surface area contributed by atoms with Crippen LogP contribution in [0.25, 0.3) is 6.08 Å². The first-order valence-corrected chi connectivity index (χ1v) is 9.51. The minimum absolute atomic E-state index is 0.101. The normalized spacial score (nSPS) is 16.1. The zero-order valence-electron chi connectivity index (χ0n) is 15.9. The third-order valence-corrected chi connectivity index (χ3v) is 4.60. The summed E-state index contributed by atoms with van der Waals surface area (Å²) >= 11 is 0.770. The molecule has 0 aromatic heterocycles. The number of nitrogens with zero attached hydrogens (tertiary/aromatic N) is 1. The Morgan fingerprint density at radius 2 is 2.00 bits per heavy atom. The molecule has 28 heavy (non-hydrogen) atoms. The Balaban J connectivity index is 2.26. The van der Waals surface area contributed by atoms with Crippen LogP contribution in [0.4, 0.5) is 4.79 Å². The molecule has 1 aromatic rings. The van der Waals surface area contributed by atoms with Gasteiger partial charge in [0.15, 0.2) is 11.5 Å².